The fourth-order valence-electron chi connectivity index (χ4n) is 4.70. The number of unbranched alkanes of at least 4 members (excludes halogenated alkanes) is 1. The lowest BCUT2D eigenvalue weighted by Crippen LogP contribution is -2.16. The van der Waals surface area contributed by atoms with E-state index in [1.54, 1.807) is 18.2 Å². The van der Waals surface area contributed by atoms with Gasteiger partial charge in [-0.3, -0.25) is 0 Å². The van der Waals surface area contributed by atoms with E-state index in [1.165, 1.54) is 0 Å². The Balaban J connectivity index is 1.62. The Labute approximate surface area is 170 Å². The molecule has 154 valence electrons. The van der Waals surface area contributed by atoms with Crippen LogP contribution >= 0.6 is 0 Å². The zero-order chi connectivity index (χ0) is 20.5. The Morgan fingerprint density at radius 2 is 1.69 bits per heavy atom. The van der Waals surface area contributed by atoms with Gasteiger partial charge in [-0.1, -0.05) is 25.5 Å². The molecule has 0 unspecified atom stereocenters. The molecule has 0 atom stereocenters. The van der Waals surface area contributed by atoms with Crippen LogP contribution in [-0.2, 0) is 0 Å². The molecule has 29 heavy (non-hydrogen) atoms. The zero-order valence-electron chi connectivity index (χ0n) is 17.0. The molecule has 0 radical (unpaired) electrons. The van der Waals surface area contributed by atoms with E-state index in [0.29, 0.717) is 29.2 Å². The van der Waals surface area contributed by atoms with Gasteiger partial charge < -0.3 is 4.74 Å². The molecule has 0 aromatic heterocycles. The van der Waals surface area contributed by atoms with Gasteiger partial charge in [0.2, 0.25) is 0 Å². The molecule has 1 fully saturated rings. The van der Waals surface area contributed by atoms with Gasteiger partial charge in [-0.2, -0.15) is 0 Å². The summed E-state index contributed by atoms with van der Waals surface area (Å²) in [5.74, 6) is -1.69. The third kappa shape index (κ3) is 3.47. The first-order valence-electron chi connectivity index (χ1n) is 10.7. The molecule has 4 heteroatoms. The number of hydrogen-bond acceptors (Lipinski definition) is 1. The van der Waals surface area contributed by atoms with Crippen molar-refractivity contribution in [1.29, 1.82) is 0 Å². The number of hydrogen-bond donors (Lipinski definition) is 0. The summed E-state index contributed by atoms with van der Waals surface area (Å²) in [6.45, 7) is 4.44. The maximum absolute atomic E-state index is 15.0. The Bertz CT molecular complexity index is 940. The van der Waals surface area contributed by atoms with E-state index in [0.717, 1.165) is 38.5 Å². The lowest BCUT2D eigenvalue weighted by atomic mass is 9.74. The summed E-state index contributed by atoms with van der Waals surface area (Å²) < 4.78 is 50.3. The molecule has 2 aliphatic rings. The van der Waals surface area contributed by atoms with E-state index >= 15 is 0 Å². The zero-order valence-corrected chi connectivity index (χ0v) is 17.0. The van der Waals surface area contributed by atoms with Gasteiger partial charge in [-0.15, -0.1) is 0 Å². The summed E-state index contributed by atoms with van der Waals surface area (Å²) in [5, 5.41) is 0. The molecule has 2 aromatic carbocycles. The van der Waals surface area contributed by atoms with Crippen molar-refractivity contribution in [3.63, 3.8) is 0 Å². The fourth-order valence-corrected chi connectivity index (χ4v) is 4.70. The highest BCUT2D eigenvalue weighted by molar-refractivity contribution is 6.03. The molecule has 1 nitrogen and oxygen atoms in total. The van der Waals surface area contributed by atoms with E-state index in [1.807, 2.05) is 13.8 Å². The summed E-state index contributed by atoms with van der Waals surface area (Å²) in [5.41, 5.74) is 1.90. The molecular formula is C25H27F3O. The van der Waals surface area contributed by atoms with Crippen molar-refractivity contribution in [2.24, 2.45) is 5.92 Å². The van der Waals surface area contributed by atoms with E-state index in [4.69, 9.17) is 4.74 Å². The van der Waals surface area contributed by atoms with Crippen LogP contribution in [0.25, 0.3) is 22.3 Å². The lowest BCUT2D eigenvalue weighted by Gasteiger charge is -2.31. The summed E-state index contributed by atoms with van der Waals surface area (Å²) in [7, 11) is 0. The van der Waals surface area contributed by atoms with Crippen molar-refractivity contribution in [1.82, 2.24) is 0 Å². The third-order valence-corrected chi connectivity index (χ3v) is 6.31. The second-order valence-electron chi connectivity index (χ2n) is 8.16. The van der Waals surface area contributed by atoms with Gasteiger partial charge in [-0.05, 0) is 85.8 Å². The van der Waals surface area contributed by atoms with Gasteiger partial charge in [0.1, 0.15) is 0 Å². The molecule has 0 saturated heterocycles. The van der Waals surface area contributed by atoms with Crippen LogP contribution in [0.1, 0.15) is 63.9 Å². The van der Waals surface area contributed by atoms with Gasteiger partial charge >= 0.3 is 0 Å². The predicted molar refractivity (Wildman–Crippen MR) is 111 cm³/mol. The SMILES string of the molecule is C/C=C/C1CCC(c2cc3c(c(F)c2F)-c2c-3ccc(OCCCC)c2F)CC1. The van der Waals surface area contributed by atoms with Crippen LogP contribution in [0.5, 0.6) is 5.75 Å². The highest BCUT2D eigenvalue weighted by Gasteiger charge is 2.36. The Morgan fingerprint density at radius 1 is 0.966 bits per heavy atom. The minimum Gasteiger partial charge on any atom is -0.490 e. The van der Waals surface area contributed by atoms with Crippen LogP contribution in [0.15, 0.2) is 30.4 Å². The first-order chi connectivity index (χ1) is 14.1. The number of rotatable bonds is 6. The first-order valence-corrected chi connectivity index (χ1v) is 10.7. The second-order valence-corrected chi connectivity index (χ2v) is 8.16. The maximum atomic E-state index is 15.0. The number of ether oxygens (including phenoxy) is 1. The fraction of sp³-hybridized carbons (Fsp3) is 0.440. The maximum Gasteiger partial charge on any atom is 0.173 e. The van der Waals surface area contributed by atoms with Gasteiger partial charge in [0.25, 0.3) is 0 Å². The van der Waals surface area contributed by atoms with Gasteiger partial charge in [0.05, 0.1) is 6.61 Å². The Morgan fingerprint density at radius 3 is 2.38 bits per heavy atom. The average Bonchev–Trinajstić information content (AvgIpc) is 2.71. The molecular weight excluding hydrogens is 373 g/mol. The van der Waals surface area contributed by atoms with Crippen molar-refractivity contribution in [3.05, 3.63) is 53.4 Å². The minimum atomic E-state index is -0.926. The quantitative estimate of drug-likeness (QED) is 0.303. The van der Waals surface area contributed by atoms with Crippen molar-refractivity contribution in [2.75, 3.05) is 6.61 Å². The first kappa shape index (κ1) is 20.1. The standard InChI is InChI=1S/C25H27F3O/c1-3-5-13-29-20-12-11-17-19-14-18(16-9-7-15(6-4-2)8-10-16)23(26)25(28)22(19)21(17)24(20)27/h4,6,11-12,14-16H,3,5,7-10,13H2,1-2H3/b6-4+. The molecule has 4 rings (SSSR count). The summed E-state index contributed by atoms with van der Waals surface area (Å²) in [6, 6.07) is 5.09. The largest absolute Gasteiger partial charge is 0.490 e. The third-order valence-electron chi connectivity index (χ3n) is 6.31. The predicted octanol–water partition coefficient (Wildman–Crippen LogP) is 7.78. The van der Waals surface area contributed by atoms with E-state index in [9.17, 15) is 13.2 Å². The Hall–Kier alpha value is -2.23. The molecule has 0 bridgehead atoms. The number of fused-ring (bicyclic) bond motifs is 4. The highest BCUT2D eigenvalue weighted by atomic mass is 19.2. The van der Waals surface area contributed by atoms with E-state index in [2.05, 4.69) is 12.2 Å². The number of halogens is 3. The van der Waals surface area contributed by atoms with E-state index < -0.39 is 17.5 Å². The molecule has 1 saturated carbocycles. The summed E-state index contributed by atoms with van der Waals surface area (Å²) in [6.07, 6.45) is 9.66. The van der Waals surface area contributed by atoms with Crippen LogP contribution in [0, 0.1) is 23.4 Å². The van der Waals surface area contributed by atoms with Crippen molar-refractivity contribution in [3.8, 4) is 28.0 Å². The van der Waals surface area contributed by atoms with Crippen molar-refractivity contribution in [2.45, 2.75) is 58.3 Å². The molecule has 0 amide bonds. The summed E-state index contributed by atoms with van der Waals surface area (Å²) in [4.78, 5) is 0. The normalized spacial score (nSPS) is 20.3. The van der Waals surface area contributed by atoms with Crippen molar-refractivity contribution >= 4 is 0 Å². The van der Waals surface area contributed by atoms with Crippen LogP contribution < -0.4 is 4.74 Å². The Kier molecular flexibility index (Phi) is 5.71. The molecule has 0 spiro atoms. The average molecular weight is 400 g/mol. The van der Waals surface area contributed by atoms with Gasteiger partial charge in [0, 0.05) is 11.1 Å². The smallest absolute Gasteiger partial charge is 0.173 e. The topological polar surface area (TPSA) is 9.23 Å². The lowest BCUT2D eigenvalue weighted by molar-refractivity contribution is 0.294. The number of benzene rings is 2. The molecule has 2 aliphatic carbocycles. The van der Waals surface area contributed by atoms with E-state index in [-0.39, 0.29) is 22.8 Å². The molecule has 0 N–H and O–H groups in total. The second kappa shape index (κ2) is 8.25. The summed E-state index contributed by atoms with van der Waals surface area (Å²) >= 11 is 0. The van der Waals surface area contributed by atoms with Crippen LogP contribution in [0.4, 0.5) is 13.2 Å². The van der Waals surface area contributed by atoms with Crippen LogP contribution in [-0.4, -0.2) is 6.61 Å². The van der Waals surface area contributed by atoms with Gasteiger partial charge in [-0.25, -0.2) is 13.2 Å². The minimum absolute atomic E-state index is 0.0156. The molecule has 0 aliphatic heterocycles. The van der Waals surface area contributed by atoms with Crippen LogP contribution in [0.3, 0.4) is 0 Å². The van der Waals surface area contributed by atoms with Crippen molar-refractivity contribution < 1.29 is 17.9 Å². The highest BCUT2D eigenvalue weighted by Crippen LogP contribution is 2.54. The monoisotopic (exact) mass is 400 g/mol. The van der Waals surface area contributed by atoms with Gasteiger partial charge in [0.15, 0.2) is 23.2 Å². The number of allylic oxidation sites excluding steroid dienone is 2. The molecule has 0 heterocycles. The van der Waals surface area contributed by atoms with Crippen LogP contribution in [0.2, 0.25) is 0 Å². The molecule has 2 aromatic rings.